The number of benzene rings is 1. The second-order valence-corrected chi connectivity index (χ2v) is 5.29. The normalized spacial score (nSPS) is 17.9. The summed E-state index contributed by atoms with van der Waals surface area (Å²) < 4.78 is 61.5. The maximum absolute atomic E-state index is 14.3. The summed E-state index contributed by atoms with van der Waals surface area (Å²) >= 11 is 0. The van der Waals surface area contributed by atoms with E-state index in [9.17, 15) is 22.4 Å². The number of alkyl halides is 3. The number of amides is 1. The fourth-order valence-corrected chi connectivity index (χ4v) is 2.26. The summed E-state index contributed by atoms with van der Waals surface area (Å²) in [5.74, 6) is -2.53. The highest BCUT2D eigenvalue weighted by atomic mass is 19.4. The Balaban J connectivity index is 2.00. The first kappa shape index (κ1) is 16.2. The van der Waals surface area contributed by atoms with Crippen LogP contribution in [0.3, 0.4) is 0 Å². The molecule has 0 saturated heterocycles. The minimum atomic E-state index is -4.79. The number of halogens is 4. The molecule has 1 amide bonds. The van der Waals surface area contributed by atoms with Gasteiger partial charge in [0.15, 0.2) is 0 Å². The molecule has 2 heterocycles. The van der Waals surface area contributed by atoms with Crippen molar-refractivity contribution >= 4 is 6.41 Å². The number of hydrogen-bond donors (Lipinski definition) is 0. The monoisotopic (exact) mass is 345 g/mol. The van der Waals surface area contributed by atoms with Gasteiger partial charge < -0.3 is 14.2 Å². The van der Waals surface area contributed by atoms with Gasteiger partial charge in [-0.2, -0.15) is 18.2 Å². The molecule has 1 aliphatic heterocycles. The van der Waals surface area contributed by atoms with Crippen LogP contribution in [0.1, 0.15) is 18.4 Å². The lowest BCUT2D eigenvalue weighted by molar-refractivity contribution is -0.159. The lowest BCUT2D eigenvalue weighted by atomic mass is 10.1. The summed E-state index contributed by atoms with van der Waals surface area (Å²) in [4.78, 5) is 15.6. The van der Waals surface area contributed by atoms with E-state index in [0.717, 1.165) is 6.07 Å². The van der Waals surface area contributed by atoms with Gasteiger partial charge in [0, 0.05) is 11.1 Å². The summed E-state index contributed by atoms with van der Waals surface area (Å²) in [5.41, 5.74) is 0.118. The van der Waals surface area contributed by atoms with Crippen molar-refractivity contribution in [1.82, 2.24) is 15.0 Å². The molecule has 0 spiro atoms. The Kier molecular flexibility index (Phi) is 3.90. The van der Waals surface area contributed by atoms with E-state index in [1.807, 2.05) is 0 Å². The first-order chi connectivity index (χ1) is 11.3. The van der Waals surface area contributed by atoms with Crippen LogP contribution in [0.15, 0.2) is 16.7 Å². The fraction of sp³-hybridized carbons (Fsp3) is 0.357. The summed E-state index contributed by atoms with van der Waals surface area (Å²) in [7, 11) is 0. The Bertz CT molecular complexity index is 775. The molecular formula is C14H11F4N3O3. The largest absolute Gasteiger partial charge is 0.491 e. The average molecular weight is 345 g/mol. The van der Waals surface area contributed by atoms with Gasteiger partial charge in [0.2, 0.25) is 12.2 Å². The van der Waals surface area contributed by atoms with Crippen LogP contribution in [0.5, 0.6) is 5.75 Å². The van der Waals surface area contributed by atoms with E-state index in [1.54, 1.807) is 6.92 Å². The van der Waals surface area contributed by atoms with Crippen LogP contribution < -0.4 is 4.74 Å². The molecule has 1 aromatic heterocycles. The first-order valence-corrected chi connectivity index (χ1v) is 6.87. The molecule has 1 aliphatic rings. The quantitative estimate of drug-likeness (QED) is 0.618. The van der Waals surface area contributed by atoms with Crippen molar-refractivity contribution in [1.29, 1.82) is 0 Å². The van der Waals surface area contributed by atoms with Crippen molar-refractivity contribution in [3.8, 4) is 17.1 Å². The van der Waals surface area contributed by atoms with E-state index in [1.165, 1.54) is 11.0 Å². The highest BCUT2D eigenvalue weighted by molar-refractivity contribution is 5.60. The molecule has 24 heavy (non-hydrogen) atoms. The van der Waals surface area contributed by atoms with Gasteiger partial charge in [-0.15, -0.1) is 0 Å². The molecule has 6 nitrogen and oxygen atoms in total. The Hall–Kier alpha value is -2.65. The number of rotatable bonds is 2. The number of hydrogen-bond acceptors (Lipinski definition) is 5. The third-order valence-corrected chi connectivity index (χ3v) is 3.60. The minimum Gasteiger partial charge on any atom is -0.491 e. The van der Waals surface area contributed by atoms with Crippen molar-refractivity contribution in [2.24, 2.45) is 0 Å². The molecule has 0 N–H and O–H groups in total. The number of carbonyl (C=O) groups excluding carboxylic acids is 1. The highest BCUT2D eigenvalue weighted by Crippen LogP contribution is 2.34. The van der Waals surface area contributed by atoms with Crippen molar-refractivity contribution in [3.63, 3.8) is 0 Å². The minimum absolute atomic E-state index is 0.00778. The maximum atomic E-state index is 14.3. The molecule has 128 valence electrons. The Labute approximate surface area is 133 Å². The van der Waals surface area contributed by atoms with Gasteiger partial charge in [0.25, 0.3) is 0 Å². The molecular weight excluding hydrogens is 334 g/mol. The number of fused-ring (bicyclic) bond motifs is 1. The SMILES string of the molecule is CC1COc2cc(-c3noc(C(F)(F)F)n3)cc(F)c2CN1C=O. The summed E-state index contributed by atoms with van der Waals surface area (Å²) in [6.07, 6.45) is -4.20. The van der Waals surface area contributed by atoms with Gasteiger partial charge >= 0.3 is 12.1 Å². The van der Waals surface area contributed by atoms with Gasteiger partial charge in [-0.05, 0) is 19.1 Å². The average Bonchev–Trinajstić information content (AvgIpc) is 2.95. The molecule has 0 radical (unpaired) electrons. The number of carbonyl (C=O) groups is 1. The standard InChI is InChI=1S/C14H11F4N3O3/c1-7-5-23-11-3-8(2-10(15)9(11)4-21(7)6-22)12-19-13(24-20-12)14(16,17)18/h2-3,6-7H,4-5H2,1H3. The zero-order valence-electron chi connectivity index (χ0n) is 12.3. The number of aromatic nitrogens is 2. The van der Waals surface area contributed by atoms with Crippen molar-refractivity contribution in [2.45, 2.75) is 25.7 Å². The van der Waals surface area contributed by atoms with Crippen LogP contribution in [0.2, 0.25) is 0 Å². The van der Waals surface area contributed by atoms with Gasteiger partial charge in [-0.1, -0.05) is 5.16 Å². The van der Waals surface area contributed by atoms with Crippen molar-refractivity contribution in [2.75, 3.05) is 6.61 Å². The van der Waals surface area contributed by atoms with E-state index in [2.05, 4.69) is 14.7 Å². The smallest absolute Gasteiger partial charge is 0.471 e. The molecule has 0 saturated carbocycles. The zero-order chi connectivity index (χ0) is 17.5. The lowest BCUT2D eigenvalue weighted by Crippen LogP contribution is -2.33. The van der Waals surface area contributed by atoms with Crippen LogP contribution in [0, 0.1) is 5.82 Å². The highest BCUT2D eigenvalue weighted by Gasteiger charge is 2.38. The van der Waals surface area contributed by atoms with Crippen LogP contribution in [0.4, 0.5) is 17.6 Å². The van der Waals surface area contributed by atoms with Crippen molar-refractivity contribution in [3.05, 3.63) is 29.4 Å². The molecule has 2 aromatic rings. The van der Waals surface area contributed by atoms with Crippen LogP contribution in [0.25, 0.3) is 11.4 Å². The van der Waals surface area contributed by atoms with E-state index in [0.29, 0.717) is 6.41 Å². The summed E-state index contributed by atoms with van der Waals surface area (Å²) in [6.45, 7) is 1.84. The Morgan fingerprint density at radius 1 is 1.38 bits per heavy atom. The Morgan fingerprint density at radius 3 is 2.75 bits per heavy atom. The zero-order valence-corrected chi connectivity index (χ0v) is 12.3. The molecule has 0 bridgehead atoms. The number of ether oxygens (including phenoxy) is 1. The van der Waals surface area contributed by atoms with Crippen LogP contribution in [-0.4, -0.2) is 34.1 Å². The van der Waals surface area contributed by atoms with Crippen LogP contribution in [-0.2, 0) is 17.5 Å². The third-order valence-electron chi connectivity index (χ3n) is 3.60. The molecule has 1 atom stereocenters. The van der Waals surface area contributed by atoms with Gasteiger partial charge in [0.05, 0.1) is 12.6 Å². The molecule has 0 aliphatic carbocycles. The van der Waals surface area contributed by atoms with E-state index in [-0.39, 0.29) is 36.1 Å². The molecule has 3 rings (SSSR count). The lowest BCUT2D eigenvalue weighted by Gasteiger charge is -2.20. The topological polar surface area (TPSA) is 68.5 Å². The van der Waals surface area contributed by atoms with Crippen LogP contribution >= 0.6 is 0 Å². The van der Waals surface area contributed by atoms with Gasteiger partial charge in [-0.25, -0.2) is 4.39 Å². The maximum Gasteiger partial charge on any atom is 0.471 e. The molecule has 0 fully saturated rings. The molecule has 1 unspecified atom stereocenters. The van der Waals surface area contributed by atoms with Gasteiger partial charge in [-0.3, -0.25) is 4.79 Å². The van der Waals surface area contributed by atoms with Crippen molar-refractivity contribution < 1.29 is 31.6 Å². The predicted molar refractivity (Wildman–Crippen MR) is 71.3 cm³/mol. The molecule has 10 heteroatoms. The van der Waals surface area contributed by atoms with Gasteiger partial charge in [0.1, 0.15) is 18.2 Å². The molecule has 1 aromatic carbocycles. The second kappa shape index (κ2) is 5.77. The first-order valence-electron chi connectivity index (χ1n) is 6.87. The summed E-state index contributed by atoms with van der Waals surface area (Å²) in [6, 6.07) is 2.02. The van der Waals surface area contributed by atoms with E-state index in [4.69, 9.17) is 4.74 Å². The Morgan fingerprint density at radius 2 is 2.12 bits per heavy atom. The predicted octanol–water partition coefficient (Wildman–Crippen LogP) is 2.63. The fourth-order valence-electron chi connectivity index (χ4n) is 2.26. The summed E-state index contributed by atoms with van der Waals surface area (Å²) in [5, 5.41) is 3.22. The second-order valence-electron chi connectivity index (χ2n) is 5.29. The third kappa shape index (κ3) is 2.91. The van der Waals surface area contributed by atoms with E-state index >= 15 is 0 Å². The van der Waals surface area contributed by atoms with E-state index < -0.39 is 23.7 Å². The number of nitrogens with zero attached hydrogens (tertiary/aromatic N) is 3.